The summed E-state index contributed by atoms with van der Waals surface area (Å²) in [5, 5.41) is 0.251. The van der Waals surface area contributed by atoms with Crippen LogP contribution in [0, 0.1) is 5.82 Å². The predicted molar refractivity (Wildman–Crippen MR) is 91.2 cm³/mol. The summed E-state index contributed by atoms with van der Waals surface area (Å²) in [6.45, 7) is 0. The number of carbonyl (C=O) groups is 1. The third-order valence-corrected chi connectivity index (χ3v) is 5.11. The lowest BCUT2D eigenvalue weighted by Gasteiger charge is -2.07. The first-order valence-electron chi connectivity index (χ1n) is 6.82. The summed E-state index contributed by atoms with van der Waals surface area (Å²) in [7, 11) is -4.24. The molecule has 0 fully saturated rings. The fourth-order valence-electron chi connectivity index (χ4n) is 2.09. The van der Waals surface area contributed by atoms with E-state index in [0.717, 1.165) is 30.3 Å². The first-order valence-corrected chi connectivity index (χ1v) is 9.10. The van der Waals surface area contributed by atoms with Gasteiger partial charge in [0.15, 0.2) is 11.2 Å². The van der Waals surface area contributed by atoms with E-state index in [4.69, 9.17) is 4.42 Å². The number of hydrogen-bond acceptors (Lipinski definition) is 5. The van der Waals surface area contributed by atoms with Crippen LogP contribution in [0.5, 0.6) is 0 Å². The van der Waals surface area contributed by atoms with Gasteiger partial charge in [-0.15, -0.1) is 0 Å². The van der Waals surface area contributed by atoms with Crippen LogP contribution in [-0.4, -0.2) is 14.3 Å². The fourth-order valence-corrected chi connectivity index (χ4v) is 3.38. The van der Waals surface area contributed by atoms with Crippen LogP contribution in [0.25, 0.3) is 11.0 Å². The van der Waals surface area contributed by atoms with Crippen molar-refractivity contribution in [2.45, 2.75) is 4.90 Å². The van der Waals surface area contributed by atoms with E-state index in [2.05, 4.69) is 15.9 Å². The van der Waals surface area contributed by atoms with Gasteiger partial charge in [0.25, 0.3) is 10.0 Å². The Kier molecular flexibility index (Phi) is 4.44. The Balaban J connectivity index is 1.97. The van der Waals surface area contributed by atoms with Gasteiger partial charge in [0.1, 0.15) is 11.4 Å². The highest BCUT2D eigenvalue weighted by Gasteiger charge is 2.21. The maximum Gasteiger partial charge on any atom is 0.300 e. The lowest BCUT2D eigenvalue weighted by molar-refractivity contribution is 0.0955. The highest BCUT2D eigenvalue weighted by atomic mass is 79.9. The van der Waals surface area contributed by atoms with E-state index in [-0.39, 0.29) is 15.9 Å². The normalized spacial score (nSPS) is 11.4. The van der Waals surface area contributed by atoms with Crippen molar-refractivity contribution >= 4 is 42.8 Å². The van der Waals surface area contributed by atoms with Crippen molar-refractivity contribution in [1.82, 2.24) is 4.72 Å². The molecule has 0 saturated carbocycles. The SMILES string of the molecule is O=C(NS(=O)(=O)c1ccc(F)cc1)c1cc(=O)c2ccc(Br)cc2o1. The van der Waals surface area contributed by atoms with Crippen LogP contribution < -0.4 is 10.2 Å². The topological polar surface area (TPSA) is 93.5 Å². The maximum absolute atomic E-state index is 12.9. The van der Waals surface area contributed by atoms with Crippen molar-refractivity contribution in [3.05, 3.63) is 74.8 Å². The van der Waals surface area contributed by atoms with E-state index in [0.29, 0.717) is 4.47 Å². The van der Waals surface area contributed by atoms with Crippen molar-refractivity contribution < 1.29 is 22.0 Å². The summed E-state index contributed by atoms with van der Waals surface area (Å²) < 4.78 is 44.9. The third-order valence-electron chi connectivity index (χ3n) is 3.27. The molecule has 1 aromatic heterocycles. The van der Waals surface area contributed by atoms with Gasteiger partial charge in [-0.05, 0) is 42.5 Å². The molecule has 0 aliphatic carbocycles. The van der Waals surface area contributed by atoms with Gasteiger partial charge in [0.05, 0.1) is 10.3 Å². The lowest BCUT2D eigenvalue weighted by atomic mass is 10.2. The zero-order chi connectivity index (χ0) is 18.2. The minimum atomic E-state index is -4.24. The van der Waals surface area contributed by atoms with Crippen molar-refractivity contribution in [3.8, 4) is 0 Å². The number of hydrogen-bond donors (Lipinski definition) is 1. The second kappa shape index (κ2) is 6.41. The molecular weight excluding hydrogens is 417 g/mol. The van der Waals surface area contributed by atoms with Crippen LogP contribution >= 0.6 is 15.9 Å². The Morgan fingerprint density at radius 3 is 2.44 bits per heavy atom. The summed E-state index contributed by atoms with van der Waals surface area (Å²) in [4.78, 5) is 23.9. The van der Waals surface area contributed by atoms with Gasteiger partial charge in [-0.2, -0.15) is 0 Å². The van der Waals surface area contributed by atoms with E-state index in [1.54, 1.807) is 10.8 Å². The number of halogens is 2. The van der Waals surface area contributed by atoms with E-state index in [1.165, 1.54) is 12.1 Å². The first kappa shape index (κ1) is 17.3. The lowest BCUT2D eigenvalue weighted by Crippen LogP contribution is -2.31. The zero-order valence-electron chi connectivity index (χ0n) is 12.3. The van der Waals surface area contributed by atoms with E-state index < -0.39 is 32.9 Å². The molecule has 0 bridgehead atoms. The van der Waals surface area contributed by atoms with Gasteiger partial charge >= 0.3 is 5.91 Å². The molecule has 25 heavy (non-hydrogen) atoms. The molecule has 9 heteroatoms. The minimum Gasteiger partial charge on any atom is -0.451 e. The Labute approximate surface area is 149 Å². The van der Waals surface area contributed by atoms with Gasteiger partial charge < -0.3 is 4.42 Å². The molecule has 0 radical (unpaired) electrons. The Hall–Kier alpha value is -2.52. The van der Waals surface area contributed by atoms with Gasteiger partial charge in [-0.3, -0.25) is 9.59 Å². The highest BCUT2D eigenvalue weighted by Crippen LogP contribution is 2.19. The van der Waals surface area contributed by atoms with Crippen molar-refractivity contribution in [3.63, 3.8) is 0 Å². The largest absolute Gasteiger partial charge is 0.451 e. The van der Waals surface area contributed by atoms with Gasteiger partial charge in [-0.25, -0.2) is 17.5 Å². The van der Waals surface area contributed by atoms with Gasteiger partial charge in [0, 0.05) is 10.5 Å². The summed E-state index contributed by atoms with van der Waals surface area (Å²) in [6.07, 6.45) is 0. The van der Waals surface area contributed by atoms with Crippen molar-refractivity contribution in [2.24, 2.45) is 0 Å². The number of fused-ring (bicyclic) bond motifs is 1. The Morgan fingerprint density at radius 1 is 1.08 bits per heavy atom. The number of sulfonamides is 1. The van der Waals surface area contributed by atoms with Crippen LogP contribution in [0.15, 0.2) is 67.1 Å². The van der Waals surface area contributed by atoms with Crippen LogP contribution in [0.3, 0.4) is 0 Å². The number of nitrogens with one attached hydrogen (secondary N) is 1. The van der Waals surface area contributed by atoms with Crippen molar-refractivity contribution in [1.29, 1.82) is 0 Å². The van der Waals surface area contributed by atoms with Crippen molar-refractivity contribution in [2.75, 3.05) is 0 Å². The molecule has 0 atom stereocenters. The molecule has 0 unspecified atom stereocenters. The molecular formula is C16H9BrFNO5S. The Morgan fingerprint density at radius 2 is 1.76 bits per heavy atom. The molecule has 0 aliphatic heterocycles. The molecule has 0 spiro atoms. The second-order valence-corrected chi connectivity index (χ2v) is 7.60. The quantitative estimate of drug-likeness (QED) is 0.696. The van der Waals surface area contributed by atoms with Crippen LogP contribution in [0.2, 0.25) is 0 Å². The number of amides is 1. The third kappa shape index (κ3) is 3.62. The van der Waals surface area contributed by atoms with Crippen LogP contribution in [-0.2, 0) is 10.0 Å². The molecule has 2 aromatic carbocycles. The first-order chi connectivity index (χ1) is 11.8. The van der Waals surface area contributed by atoms with E-state index >= 15 is 0 Å². The zero-order valence-corrected chi connectivity index (χ0v) is 14.7. The Bertz CT molecular complexity index is 1140. The molecule has 3 rings (SSSR count). The molecule has 1 heterocycles. The average molecular weight is 426 g/mol. The van der Waals surface area contributed by atoms with Gasteiger partial charge in [0.2, 0.25) is 0 Å². The van der Waals surface area contributed by atoms with Gasteiger partial charge in [-0.1, -0.05) is 15.9 Å². The summed E-state index contributed by atoms with van der Waals surface area (Å²) in [5.74, 6) is -2.18. The number of benzene rings is 2. The predicted octanol–water partition coefficient (Wildman–Crippen LogP) is 2.81. The van der Waals surface area contributed by atoms with Crippen LogP contribution in [0.4, 0.5) is 4.39 Å². The molecule has 6 nitrogen and oxygen atoms in total. The number of carbonyl (C=O) groups excluding carboxylic acids is 1. The standard InChI is InChI=1S/C16H9BrFNO5S/c17-9-1-6-12-13(20)8-15(24-14(12)7-9)16(21)19-25(22,23)11-4-2-10(18)3-5-11/h1-8H,(H,19,21). The van der Waals surface area contributed by atoms with Crippen LogP contribution in [0.1, 0.15) is 10.6 Å². The molecule has 0 saturated heterocycles. The summed E-state index contributed by atoms with van der Waals surface area (Å²) in [5.41, 5.74) is -0.357. The maximum atomic E-state index is 12.9. The summed E-state index contributed by atoms with van der Waals surface area (Å²) >= 11 is 3.21. The molecule has 1 N–H and O–H groups in total. The summed E-state index contributed by atoms with van der Waals surface area (Å²) in [6, 6.07) is 9.48. The fraction of sp³-hybridized carbons (Fsp3) is 0. The molecule has 1 amide bonds. The second-order valence-electron chi connectivity index (χ2n) is 5.00. The minimum absolute atomic E-state index is 0.131. The van der Waals surface area contributed by atoms with E-state index in [9.17, 15) is 22.4 Å². The number of rotatable bonds is 3. The molecule has 128 valence electrons. The smallest absolute Gasteiger partial charge is 0.300 e. The monoisotopic (exact) mass is 425 g/mol. The van der Waals surface area contributed by atoms with E-state index in [1.807, 2.05) is 0 Å². The molecule has 0 aliphatic rings. The highest BCUT2D eigenvalue weighted by molar-refractivity contribution is 9.10. The average Bonchev–Trinajstić information content (AvgIpc) is 2.54. The molecule has 3 aromatic rings.